The van der Waals surface area contributed by atoms with Crippen molar-refractivity contribution in [2.75, 3.05) is 23.7 Å². The normalized spacial score (nSPS) is 12.2. The van der Waals surface area contributed by atoms with Gasteiger partial charge in [-0.25, -0.2) is 8.42 Å². The topological polar surface area (TPSA) is 86.8 Å². The minimum Gasteiger partial charge on any atom is -0.355 e. The van der Waals surface area contributed by atoms with Crippen LogP contribution in [-0.4, -0.2) is 50.5 Å². The van der Waals surface area contributed by atoms with Crippen molar-refractivity contribution in [2.45, 2.75) is 33.4 Å². The Kier molecular flexibility index (Phi) is 9.43. The van der Waals surface area contributed by atoms with Gasteiger partial charge < -0.3 is 10.2 Å². The highest BCUT2D eigenvalue weighted by atomic mass is 35.5. The molecule has 0 saturated carbocycles. The second kappa shape index (κ2) is 11.4. The van der Waals surface area contributed by atoms with Crippen LogP contribution < -0.4 is 9.62 Å². The summed E-state index contributed by atoms with van der Waals surface area (Å²) in [4.78, 5) is 27.3. The lowest BCUT2D eigenvalue weighted by Gasteiger charge is -2.32. The largest absolute Gasteiger partial charge is 0.355 e. The summed E-state index contributed by atoms with van der Waals surface area (Å²) >= 11 is 18.7. The fourth-order valence-corrected chi connectivity index (χ4v) is 4.79. The Bertz CT molecular complexity index is 1120. The molecule has 33 heavy (non-hydrogen) atoms. The van der Waals surface area contributed by atoms with Crippen molar-refractivity contribution in [1.29, 1.82) is 0 Å². The highest BCUT2D eigenvalue weighted by Crippen LogP contribution is 2.29. The van der Waals surface area contributed by atoms with E-state index in [0.717, 1.165) is 10.6 Å². The molecule has 1 N–H and O–H groups in total. The van der Waals surface area contributed by atoms with Gasteiger partial charge in [0.2, 0.25) is 21.8 Å². The maximum Gasteiger partial charge on any atom is 0.244 e. The summed E-state index contributed by atoms with van der Waals surface area (Å²) in [5.74, 6) is -0.992. The maximum atomic E-state index is 13.5. The molecule has 0 fully saturated rings. The van der Waals surface area contributed by atoms with Crippen LogP contribution >= 0.6 is 34.8 Å². The van der Waals surface area contributed by atoms with E-state index in [1.54, 1.807) is 51.1 Å². The Morgan fingerprint density at radius 2 is 1.70 bits per heavy atom. The summed E-state index contributed by atoms with van der Waals surface area (Å²) < 4.78 is 26.2. The van der Waals surface area contributed by atoms with Crippen molar-refractivity contribution in [3.63, 3.8) is 0 Å². The second-order valence-corrected chi connectivity index (χ2v) is 10.7. The number of nitrogens with one attached hydrogen (secondary N) is 1. The van der Waals surface area contributed by atoms with Crippen LogP contribution in [0.25, 0.3) is 0 Å². The van der Waals surface area contributed by atoms with Crippen molar-refractivity contribution in [2.24, 2.45) is 0 Å². The molecule has 11 heteroatoms. The third-order valence-corrected chi connectivity index (χ3v) is 7.10. The smallest absolute Gasteiger partial charge is 0.244 e. The molecule has 0 heterocycles. The highest BCUT2D eigenvalue weighted by molar-refractivity contribution is 7.92. The fraction of sp³-hybridized carbons (Fsp3) is 0.364. The van der Waals surface area contributed by atoms with E-state index in [4.69, 9.17) is 34.8 Å². The molecule has 7 nitrogen and oxygen atoms in total. The summed E-state index contributed by atoms with van der Waals surface area (Å²) in [6, 6.07) is 8.78. The molecule has 0 saturated heterocycles. The van der Waals surface area contributed by atoms with Crippen molar-refractivity contribution >= 4 is 62.3 Å². The number of aryl methyl sites for hydroxylation is 1. The number of anilines is 1. The minimum absolute atomic E-state index is 0.0816. The Hall–Kier alpha value is -2.00. The zero-order valence-electron chi connectivity index (χ0n) is 18.7. The van der Waals surface area contributed by atoms with Gasteiger partial charge in [0.1, 0.15) is 12.6 Å². The molecule has 0 spiro atoms. The van der Waals surface area contributed by atoms with Crippen LogP contribution in [0.1, 0.15) is 25.0 Å². The van der Waals surface area contributed by atoms with Crippen LogP contribution in [0.5, 0.6) is 0 Å². The number of amides is 2. The van der Waals surface area contributed by atoms with E-state index in [9.17, 15) is 18.0 Å². The first-order valence-corrected chi connectivity index (χ1v) is 13.1. The summed E-state index contributed by atoms with van der Waals surface area (Å²) in [5.41, 5.74) is 1.35. The van der Waals surface area contributed by atoms with Crippen molar-refractivity contribution in [3.8, 4) is 0 Å². The molecule has 0 aliphatic rings. The quantitative estimate of drug-likeness (QED) is 0.520. The monoisotopic (exact) mass is 533 g/mol. The van der Waals surface area contributed by atoms with Gasteiger partial charge in [0, 0.05) is 33.7 Å². The number of halogens is 3. The Morgan fingerprint density at radius 3 is 2.24 bits per heavy atom. The molecule has 0 aromatic heterocycles. The average Bonchev–Trinajstić information content (AvgIpc) is 2.72. The fourth-order valence-electron chi connectivity index (χ4n) is 3.20. The standard InChI is InChI=1S/C22H26Cl3N3O4S/c1-5-26-22(30)15(3)27(12-17-18(24)7-6-8-19(17)25)21(29)13-28(33(4,31)32)20-11-16(23)10-9-14(20)2/h6-11,15H,5,12-13H2,1-4H3,(H,26,30). The van der Waals surface area contributed by atoms with Crippen LogP contribution in [0.4, 0.5) is 5.69 Å². The predicted molar refractivity (Wildman–Crippen MR) is 134 cm³/mol. The van der Waals surface area contributed by atoms with E-state index in [0.29, 0.717) is 32.7 Å². The molecule has 2 aromatic rings. The number of carbonyl (C=O) groups excluding carboxylic acids is 2. The van der Waals surface area contributed by atoms with Crippen LogP contribution in [0.3, 0.4) is 0 Å². The minimum atomic E-state index is -3.86. The number of hydrogen-bond donors (Lipinski definition) is 1. The Balaban J connectivity index is 2.49. The summed E-state index contributed by atoms with van der Waals surface area (Å²) in [6.07, 6.45) is 1.00. The molecule has 0 aliphatic heterocycles. The van der Waals surface area contributed by atoms with Gasteiger partial charge in [-0.05, 0) is 50.6 Å². The Labute approximate surface area is 209 Å². The molecular weight excluding hydrogens is 509 g/mol. The van der Waals surface area contributed by atoms with Crippen molar-refractivity contribution in [1.82, 2.24) is 10.2 Å². The summed E-state index contributed by atoms with van der Waals surface area (Å²) in [7, 11) is -3.86. The van der Waals surface area contributed by atoms with Gasteiger partial charge in [0.15, 0.2) is 0 Å². The van der Waals surface area contributed by atoms with Crippen LogP contribution in [0, 0.1) is 6.92 Å². The molecule has 2 aromatic carbocycles. The summed E-state index contributed by atoms with van der Waals surface area (Å²) in [5, 5.41) is 3.66. The van der Waals surface area contributed by atoms with Gasteiger partial charge in [-0.3, -0.25) is 13.9 Å². The number of likely N-dealkylation sites (N-methyl/N-ethyl adjacent to an activating group) is 1. The molecule has 1 unspecified atom stereocenters. The van der Waals surface area contributed by atoms with Crippen LogP contribution in [0.2, 0.25) is 15.1 Å². The van der Waals surface area contributed by atoms with E-state index in [2.05, 4.69) is 5.32 Å². The number of sulfonamides is 1. The lowest BCUT2D eigenvalue weighted by molar-refractivity contribution is -0.139. The van der Waals surface area contributed by atoms with Gasteiger partial charge in [0.25, 0.3) is 0 Å². The predicted octanol–water partition coefficient (Wildman–Crippen LogP) is 4.27. The number of hydrogen-bond acceptors (Lipinski definition) is 4. The first-order valence-electron chi connectivity index (χ1n) is 10.1. The number of benzene rings is 2. The Morgan fingerprint density at radius 1 is 1.09 bits per heavy atom. The third-order valence-electron chi connectivity index (χ3n) is 5.03. The van der Waals surface area contributed by atoms with Crippen molar-refractivity contribution < 1.29 is 18.0 Å². The number of nitrogens with zero attached hydrogens (tertiary/aromatic N) is 2. The first kappa shape index (κ1) is 27.2. The molecule has 0 aliphatic carbocycles. The van der Waals surface area contributed by atoms with Gasteiger partial charge >= 0.3 is 0 Å². The lowest BCUT2D eigenvalue weighted by atomic mass is 10.1. The zero-order valence-corrected chi connectivity index (χ0v) is 21.8. The average molecular weight is 535 g/mol. The van der Waals surface area contributed by atoms with E-state index in [1.165, 1.54) is 11.0 Å². The molecule has 0 bridgehead atoms. The molecular formula is C22H26Cl3N3O4S. The second-order valence-electron chi connectivity index (χ2n) is 7.49. The molecule has 2 amide bonds. The molecule has 180 valence electrons. The van der Waals surface area contributed by atoms with Crippen molar-refractivity contribution in [3.05, 3.63) is 62.6 Å². The summed E-state index contributed by atoms with van der Waals surface area (Å²) in [6.45, 7) is 4.79. The molecule has 1 atom stereocenters. The number of rotatable bonds is 9. The third kappa shape index (κ3) is 6.99. The van der Waals surface area contributed by atoms with E-state index >= 15 is 0 Å². The van der Waals surface area contributed by atoms with Gasteiger partial charge in [-0.1, -0.05) is 46.9 Å². The lowest BCUT2D eigenvalue weighted by Crippen LogP contribution is -2.51. The van der Waals surface area contributed by atoms with Gasteiger partial charge in [-0.15, -0.1) is 0 Å². The van der Waals surface area contributed by atoms with Gasteiger partial charge in [-0.2, -0.15) is 0 Å². The highest BCUT2D eigenvalue weighted by Gasteiger charge is 2.31. The molecule has 0 radical (unpaired) electrons. The zero-order chi connectivity index (χ0) is 24.9. The van der Waals surface area contributed by atoms with Gasteiger partial charge in [0.05, 0.1) is 11.9 Å². The SMILES string of the molecule is CCNC(=O)C(C)N(Cc1c(Cl)cccc1Cl)C(=O)CN(c1cc(Cl)ccc1C)S(C)(=O)=O. The molecule has 2 rings (SSSR count). The number of carbonyl (C=O) groups is 2. The van der Waals surface area contributed by atoms with Crippen LogP contribution in [0.15, 0.2) is 36.4 Å². The maximum absolute atomic E-state index is 13.5. The van der Waals surface area contributed by atoms with E-state index < -0.39 is 28.5 Å². The first-order chi connectivity index (χ1) is 15.4. The van der Waals surface area contributed by atoms with E-state index in [1.807, 2.05) is 0 Å². The van der Waals surface area contributed by atoms with E-state index in [-0.39, 0.29) is 18.1 Å². The van der Waals surface area contributed by atoms with Crippen LogP contribution in [-0.2, 0) is 26.2 Å².